The molecule has 0 heterocycles. The Morgan fingerprint density at radius 1 is 0.590 bits per heavy atom. The van der Waals surface area contributed by atoms with Gasteiger partial charge in [0.25, 0.3) is 0 Å². The number of phenols is 1. The van der Waals surface area contributed by atoms with Crippen molar-refractivity contribution in [1.29, 1.82) is 0 Å². The summed E-state index contributed by atoms with van der Waals surface area (Å²) in [6, 6.07) is 3.90. The molecule has 226 valence electrons. The zero-order chi connectivity index (χ0) is 29.5. The SMILES string of the molecule is CCCCCCCCCCCCCCCCCCCC(C)(C(=O)O)c1cc(C(C)(C)C)c(O)c(C(C)(C)C)c1. The third-order valence-electron chi connectivity index (χ3n) is 8.62. The minimum absolute atomic E-state index is 0.270. The lowest BCUT2D eigenvalue weighted by Crippen LogP contribution is -2.33. The first kappa shape index (κ1) is 35.5. The minimum Gasteiger partial charge on any atom is -0.507 e. The molecule has 39 heavy (non-hydrogen) atoms. The van der Waals surface area contributed by atoms with Crippen LogP contribution in [-0.4, -0.2) is 16.2 Å². The van der Waals surface area contributed by atoms with Gasteiger partial charge >= 0.3 is 5.97 Å². The van der Waals surface area contributed by atoms with Crippen LogP contribution in [0.5, 0.6) is 5.75 Å². The molecule has 0 fully saturated rings. The van der Waals surface area contributed by atoms with Gasteiger partial charge in [-0.2, -0.15) is 0 Å². The van der Waals surface area contributed by atoms with Gasteiger partial charge in [-0.05, 0) is 40.9 Å². The van der Waals surface area contributed by atoms with Crippen molar-refractivity contribution in [3.8, 4) is 5.75 Å². The fraction of sp³-hybridized carbons (Fsp3) is 0.806. The maximum Gasteiger partial charge on any atom is 0.313 e. The number of phenolic OH excluding ortho intramolecular Hbond substituents is 1. The Labute approximate surface area is 242 Å². The Kier molecular flexibility index (Phi) is 15.8. The summed E-state index contributed by atoms with van der Waals surface area (Å²) in [4.78, 5) is 12.6. The maximum absolute atomic E-state index is 12.6. The van der Waals surface area contributed by atoms with Crippen LogP contribution in [0.25, 0.3) is 0 Å². The van der Waals surface area contributed by atoms with Crippen LogP contribution in [0.3, 0.4) is 0 Å². The molecular weight excluding hydrogens is 480 g/mol. The van der Waals surface area contributed by atoms with E-state index >= 15 is 0 Å². The van der Waals surface area contributed by atoms with Gasteiger partial charge in [0.1, 0.15) is 5.75 Å². The predicted molar refractivity (Wildman–Crippen MR) is 169 cm³/mol. The van der Waals surface area contributed by atoms with Crippen molar-refractivity contribution in [2.24, 2.45) is 0 Å². The Morgan fingerprint density at radius 3 is 1.18 bits per heavy atom. The number of aliphatic carboxylic acids is 1. The quantitative estimate of drug-likeness (QED) is 0.160. The number of aromatic hydroxyl groups is 1. The van der Waals surface area contributed by atoms with Gasteiger partial charge in [0.15, 0.2) is 0 Å². The average molecular weight is 545 g/mol. The lowest BCUT2D eigenvalue weighted by Gasteiger charge is -2.32. The van der Waals surface area contributed by atoms with Gasteiger partial charge in [0.2, 0.25) is 0 Å². The Morgan fingerprint density at radius 2 is 0.897 bits per heavy atom. The van der Waals surface area contributed by atoms with Crippen LogP contribution in [-0.2, 0) is 21.0 Å². The summed E-state index contributed by atoms with van der Waals surface area (Å²) in [7, 11) is 0. The van der Waals surface area contributed by atoms with Crippen LogP contribution in [0.15, 0.2) is 12.1 Å². The van der Waals surface area contributed by atoms with Crippen molar-refractivity contribution in [3.05, 3.63) is 28.8 Å². The molecule has 0 aromatic heterocycles. The highest BCUT2D eigenvalue weighted by atomic mass is 16.4. The van der Waals surface area contributed by atoms with E-state index in [0.717, 1.165) is 29.5 Å². The lowest BCUT2D eigenvalue weighted by molar-refractivity contribution is -0.143. The molecular formula is C36H64O3. The molecule has 1 atom stereocenters. The molecule has 1 aromatic rings. The Bertz CT molecular complexity index is 792. The Balaban J connectivity index is 2.44. The maximum atomic E-state index is 12.6. The molecule has 1 rings (SSSR count). The monoisotopic (exact) mass is 544 g/mol. The van der Waals surface area contributed by atoms with Crippen LogP contribution >= 0.6 is 0 Å². The number of benzene rings is 1. The van der Waals surface area contributed by atoms with Crippen molar-refractivity contribution in [3.63, 3.8) is 0 Å². The van der Waals surface area contributed by atoms with Gasteiger partial charge in [0, 0.05) is 0 Å². The van der Waals surface area contributed by atoms with Crippen LogP contribution in [0, 0.1) is 0 Å². The molecule has 0 aliphatic carbocycles. The van der Waals surface area contributed by atoms with E-state index in [1.807, 2.05) is 19.1 Å². The first-order valence-corrected chi connectivity index (χ1v) is 16.4. The predicted octanol–water partition coefficient (Wildman–Crippen LogP) is 11.4. The molecule has 2 N–H and O–H groups in total. The number of hydrogen-bond donors (Lipinski definition) is 2. The van der Waals surface area contributed by atoms with Crippen molar-refractivity contribution in [1.82, 2.24) is 0 Å². The highest BCUT2D eigenvalue weighted by molar-refractivity contribution is 5.81. The minimum atomic E-state index is -0.955. The number of carboxylic acids is 1. The van der Waals surface area contributed by atoms with E-state index < -0.39 is 11.4 Å². The van der Waals surface area contributed by atoms with E-state index in [2.05, 4.69) is 48.5 Å². The number of unbranched alkanes of at least 4 members (excludes halogenated alkanes) is 16. The topological polar surface area (TPSA) is 57.5 Å². The zero-order valence-electron chi connectivity index (χ0n) is 27.2. The van der Waals surface area contributed by atoms with Gasteiger partial charge in [0.05, 0.1) is 5.41 Å². The summed E-state index contributed by atoms with van der Waals surface area (Å²) in [6.07, 6.45) is 23.1. The summed E-state index contributed by atoms with van der Waals surface area (Å²) in [6.45, 7) is 16.6. The number of hydrogen-bond acceptors (Lipinski definition) is 2. The summed E-state index contributed by atoms with van der Waals surface area (Å²) in [5, 5.41) is 21.4. The second-order valence-corrected chi connectivity index (χ2v) is 14.5. The van der Waals surface area contributed by atoms with Crippen molar-refractivity contribution >= 4 is 5.97 Å². The van der Waals surface area contributed by atoms with Crippen molar-refractivity contribution in [2.45, 2.75) is 187 Å². The molecule has 3 heteroatoms. The standard InChI is InChI=1S/C36H64O3/c1-9-10-11-12-13-14-15-16-17-18-19-20-21-22-23-24-25-26-36(8,33(38)39)29-27-30(34(2,3)4)32(37)31(28-29)35(5,6)7/h27-28,37H,9-26H2,1-8H3,(H,38,39). The molecule has 0 saturated heterocycles. The second-order valence-electron chi connectivity index (χ2n) is 14.5. The molecule has 0 aliphatic rings. The van der Waals surface area contributed by atoms with E-state index in [1.54, 1.807) is 0 Å². The third kappa shape index (κ3) is 12.7. The number of carboxylic acid groups (broad SMARTS) is 1. The smallest absolute Gasteiger partial charge is 0.313 e. The van der Waals surface area contributed by atoms with E-state index in [1.165, 1.54) is 96.3 Å². The lowest BCUT2D eigenvalue weighted by atomic mass is 9.72. The summed E-state index contributed by atoms with van der Waals surface area (Å²) in [5.74, 6) is -0.464. The fourth-order valence-corrected chi connectivity index (χ4v) is 5.67. The van der Waals surface area contributed by atoms with Crippen LogP contribution in [0.2, 0.25) is 0 Å². The number of rotatable bonds is 20. The zero-order valence-corrected chi connectivity index (χ0v) is 27.2. The molecule has 0 spiro atoms. The van der Waals surface area contributed by atoms with E-state index in [9.17, 15) is 15.0 Å². The highest BCUT2D eigenvalue weighted by Crippen LogP contribution is 2.43. The van der Waals surface area contributed by atoms with Gasteiger partial charge in [-0.15, -0.1) is 0 Å². The first-order valence-electron chi connectivity index (χ1n) is 16.4. The van der Waals surface area contributed by atoms with E-state index in [4.69, 9.17) is 0 Å². The normalized spacial score (nSPS) is 13.9. The molecule has 1 aromatic carbocycles. The largest absolute Gasteiger partial charge is 0.507 e. The molecule has 0 amide bonds. The number of carbonyl (C=O) groups is 1. The highest BCUT2D eigenvalue weighted by Gasteiger charge is 2.38. The summed E-state index contributed by atoms with van der Waals surface area (Å²) in [5.41, 5.74) is 0.989. The van der Waals surface area contributed by atoms with Gasteiger partial charge in [-0.3, -0.25) is 4.79 Å². The summed E-state index contributed by atoms with van der Waals surface area (Å²) >= 11 is 0. The molecule has 0 aliphatic heterocycles. The third-order valence-corrected chi connectivity index (χ3v) is 8.62. The van der Waals surface area contributed by atoms with Crippen LogP contribution < -0.4 is 0 Å². The van der Waals surface area contributed by atoms with E-state index in [-0.39, 0.29) is 10.8 Å². The fourth-order valence-electron chi connectivity index (χ4n) is 5.67. The van der Waals surface area contributed by atoms with Crippen LogP contribution in [0.4, 0.5) is 0 Å². The molecule has 0 bridgehead atoms. The van der Waals surface area contributed by atoms with Gasteiger partial charge in [-0.1, -0.05) is 170 Å². The van der Waals surface area contributed by atoms with Gasteiger partial charge in [-0.25, -0.2) is 0 Å². The molecule has 0 saturated carbocycles. The molecule has 0 radical (unpaired) electrons. The molecule has 1 unspecified atom stereocenters. The molecule has 3 nitrogen and oxygen atoms in total. The van der Waals surface area contributed by atoms with Crippen molar-refractivity contribution < 1.29 is 15.0 Å². The van der Waals surface area contributed by atoms with Gasteiger partial charge < -0.3 is 10.2 Å². The summed E-state index contributed by atoms with van der Waals surface area (Å²) < 4.78 is 0. The van der Waals surface area contributed by atoms with Crippen molar-refractivity contribution in [2.75, 3.05) is 0 Å². The van der Waals surface area contributed by atoms with E-state index in [0.29, 0.717) is 12.2 Å². The van der Waals surface area contributed by atoms with Crippen LogP contribution in [0.1, 0.15) is 188 Å². The Hall–Kier alpha value is -1.51. The second kappa shape index (κ2) is 17.3. The average Bonchev–Trinajstić information content (AvgIpc) is 2.84. The first-order chi connectivity index (χ1) is 18.2.